The number of ether oxygens (including phenoxy) is 1. The van der Waals surface area contributed by atoms with Crippen molar-refractivity contribution in [1.29, 1.82) is 0 Å². The molecule has 2 heterocycles. The monoisotopic (exact) mass is 424 g/mol. The standard InChI is InChI=1S/C23H24N2O4S/c26-22(27)20-13-30-21-10-9-14(11-25(20)21)24-23(28)29-12-19-17-7-3-1-5-15(17)16-6-2-4-8-18(16)19/h1-8,14,19-21H,9-13H2,(H,24,28)(H,26,27)/t14-,20-,21-/m0/s1. The second-order valence-corrected chi connectivity index (χ2v) is 9.29. The number of carboxylic acids is 1. The summed E-state index contributed by atoms with van der Waals surface area (Å²) in [6.45, 7) is 0.839. The van der Waals surface area contributed by atoms with Crippen molar-refractivity contribution in [2.45, 2.75) is 36.2 Å². The summed E-state index contributed by atoms with van der Waals surface area (Å²) in [4.78, 5) is 26.0. The molecule has 2 aliphatic heterocycles. The third-order valence-corrected chi connectivity index (χ3v) is 7.76. The molecular formula is C23H24N2O4S. The average molecular weight is 425 g/mol. The van der Waals surface area contributed by atoms with Crippen LogP contribution >= 0.6 is 11.8 Å². The van der Waals surface area contributed by atoms with E-state index in [4.69, 9.17) is 4.74 Å². The molecule has 2 fully saturated rings. The van der Waals surface area contributed by atoms with Crippen molar-refractivity contribution >= 4 is 23.8 Å². The highest BCUT2D eigenvalue weighted by atomic mass is 32.2. The number of fused-ring (bicyclic) bond motifs is 4. The zero-order valence-electron chi connectivity index (χ0n) is 16.5. The zero-order valence-corrected chi connectivity index (χ0v) is 17.3. The van der Waals surface area contributed by atoms with E-state index in [0.29, 0.717) is 12.3 Å². The Morgan fingerprint density at radius 2 is 1.73 bits per heavy atom. The molecule has 3 atom stereocenters. The lowest BCUT2D eigenvalue weighted by molar-refractivity contribution is -0.142. The number of nitrogens with zero attached hydrogens (tertiary/aromatic N) is 1. The molecule has 0 spiro atoms. The maximum Gasteiger partial charge on any atom is 0.407 e. The third kappa shape index (κ3) is 3.46. The number of carboxylic acid groups (broad SMARTS) is 1. The summed E-state index contributed by atoms with van der Waals surface area (Å²) in [6, 6.07) is 16.0. The minimum atomic E-state index is -0.785. The first-order chi connectivity index (χ1) is 14.6. The molecule has 1 aliphatic carbocycles. The number of nitrogens with one attached hydrogen (secondary N) is 1. The fourth-order valence-corrected chi connectivity index (χ4v) is 6.38. The smallest absolute Gasteiger partial charge is 0.407 e. The van der Waals surface area contributed by atoms with Crippen molar-refractivity contribution in [3.63, 3.8) is 0 Å². The maximum atomic E-state index is 12.5. The van der Waals surface area contributed by atoms with Gasteiger partial charge in [-0.2, -0.15) is 0 Å². The second-order valence-electron chi connectivity index (χ2n) is 8.08. The molecule has 1 amide bonds. The Morgan fingerprint density at radius 1 is 1.07 bits per heavy atom. The normalized spacial score (nSPS) is 25.3. The number of benzene rings is 2. The number of piperidine rings is 1. The number of rotatable bonds is 4. The van der Waals surface area contributed by atoms with Crippen LogP contribution in [0.2, 0.25) is 0 Å². The Bertz CT molecular complexity index is 936. The van der Waals surface area contributed by atoms with Gasteiger partial charge in [0.1, 0.15) is 12.6 Å². The van der Waals surface area contributed by atoms with Gasteiger partial charge in [0.05, 0.1) is 5.37 Å². The number of carbonyl (C=O) groups excluding carboxylic acids is 1. The van der Waals surface area contributed by atoms with Gasteiger partial charge < -0.3 is 15.2 Å². The summed E-state index contributed by atoms with van der Waals surface area (Å²) in [7, 11) is 0. The summed E-state index contributed by atoms with van der Waals surface area (Å²) in [6.07, 6.45) is 1.28. The first kappa shape index (κ1) is 19.5. The molecule has 0 unspecified atom stereocenters. The van der Waals surface area contributed by atoms with Gasteiger partial charge in [0.15, 0.2) is 0 Å². The van der Waals surface area contributed by atoms with Crippen molar-refractivity contribution < 1.29 is 19.4 Å². The van der Waals surface area contributed by atoms with E-state index in [9.17, 15) is 14.7 Å². The molecule has 0 aromatic heterocycles. The third-order valence-electron chi connectivity index (χ3n) is 6.36. The highest BCUT2D eigenvalue weighted by Crippen LogP contribution is 2.44. The van der Waals surface area contributed by atoms with Gasteiger partial charge in [-0.15, -0.1) is 11.8 Å². The van der Waals surface area contributed by atoms with E-state index in [0.717, 1.165) is 12.8 Å². The molecule has 7 heteroatoms. The van der Waals surface area contributed by atoms with Crippen LogP contribution in [0.1, 0.15) is 29.9 Å². The molecule has 2 aromatic rings. The molecule has 156 valence electrons. The van der Waals surface area contributed by atoms with Gasteiger partial charge in [-0.25, -0.2) is 4.79 Å². The largest absolute Gasteiger partial charge is 0.480 e. The van der Waals surface area contributed by atoms with Crippen molar-refractivity contribution in [3.05, 3.63) is 59.7 Å². The van der Waals surface area contributed by atoms with E-state index in [1.165, 1.54) is 22.3 Å². The minimum absolute atomic E-state index is 0.0326. The Hall–Kier alpha value is -2.51. The predicted molar refractivity (Wildman–Crippen MR) is 116 cm³/mol. The molecule has 0 radical (unpaired) electrons. The lowest BCUT2D eigenvalue weighted by atomic mass is 9.98. The Balaban J connectivity index is 1.22. The predicted octanol–water partition coefficient (Wildman–Crippen LogP) is 3.52. The van der Waals surface area contributed by atoms with Crippen LogP contribution in [0.4, 0.5) is 4.79 Å². The summed E-state index contributed by atoms with van der Waals surface area (Å²) < 4.78 is 5.64. The number of hydrogen-bond donors (Lipinski definition) is 2. The lowest BCUT2D eigenvalue weighted by Crippen LogP contribution is -2.53. The molecule has 0 saturated carbocycles. The molecule has 30 heavy (non-hydrogen) atoms. The van der Waals surface area contributed by atoms with Gasteiger partial charge in [0, 0.05) is 24.3 Å². The number of alkyl carbamates (subject to hydrolysis) is 1. The van der Waals surface area contributed by atoms with Gasteiger partial charge in [0.25, 0.3) is 0 Å². The van der Waals surface area contributed by atoms with Crippen LogP contribution in [0.15, 0.2) is 48.5 Å². The van der Waals surface area contributed by atoms with Crippen LogP contribution in [-0.4, -0.2) is 58.4 Å². The highest BCUT2D eigenvalue weighted by Gasteiger charge is 2.42. The zero-order chi connectivity index (χ0) is 20.7. The molecule has 6 nitrogen and oxygen atoms in total. The number of hydrogen-bond acceptors (Lipinski definition) is 5. The van der Waals surface area contributed by atoms with E-state index in [1.54, 1.807) is 11.8 Å². The molecule has 0 bridgehead atoms. The SMILES string of the molecule is O=C(N[C@H]1CC[C@@H]2SC[C@@H](C(=O)O)N2C1)OCC1c2ccccc2-c2ccccc21. The van der Waals surface area contributed by atoms with Crippen LogP contribution in [0, 0.1) is 0 Å². The quantitative estimate of drug-likeness (QED) is 0.782. The van der Waals surface area contributed by atoms with Gasteiger partial charge in [-0.3, -0.25) is 9.69 Å². The van der Waals surface area contributed by atoms with Crippen molar-refractivity contribution in [1.82, 2.24) is 10.2 Å². The summed E-state index contributed by atoms with van der Waals surface area (Å²) in [5.41, 5.74) is 4.77. The van der Waals surface area contributed by atoms with Gasteiger partial charge in [0.2, 0.25) is 0 Å². The molecule has 2 aromatic carbocycles. The fourth-order valence-electron chi connectivity index (χ4n) is 4.92. The Labute approximate surface area is 179 Å². The van der Waals surface area contributed by atoms with E-state index in [1.807, 2.05) is 29.2 Å². The number of aliphatic carboxylic acids is 1. The molecule has 3 aliphatic rings. The van der Waals surface area contributed by atoms with E-state index >= 15 is 0 Å². The number of carbonyl (C=O) groups is 2. The first-order valence-corrected chi connectivity index (χ1v) is 11.4. The van der Waals surface area contributed by atoms with Crippen molar-refractivity contribution in [3.8, 4) is 11.1 Å². The summed E-state index contributed by atoms with van der Waals surface area (Å²) in [5, 5.41) is 12.6. The Kier molecular flexibility index (Phi) is 5.16. The van der Waals surface area contributed by atoms with Crippen molar-refractivity contribution in [2.75, 3.05) is 18.9 Å². The average Bonchev–Trinajstić information content (AvgIpc) is 3.31. The number of thioether (sulfide) groups is 1. The van der Waals surface area contributed by atoms with Crippen LogP contribution in [0.25, 0.3) is 11.1 Å². The van der Waals surface area contributed by atoms with E-state index in [-0.39, 0.29) is 23.9 Å². The van der Waals surface area contributed by atoms with Gasteiger partial charge >= 0.3 is 12.1 Å². The molecule has 5 rings (SSSR count). The van der Waals surface area contributed by atoms with Crippen LogP contribution in [0.5, 0.6) is 0 Å². The van der Waals surface area contributed by atoms with Crippen LogP contribution in [-0.2, 0) is 9.53 Å². The summed E-state index contributed by atoms with van der Waals surface area (Å²) in [5.74, 6) is -0.144. The van der Waals surface area contributed by atoms with Crippen molar-refractivity contribution in [2.24, 2.45) is 0 Å². The lowest BCUT2D eigenvalue weighted by Gasteiger charge is -2.36. The molecule has 2 saturated heterocycles. The minimum Gasteiger partial charge on any atom is -0.480 e. The van der Waals surface area contributed by atoms with E-state index < -0.39 is 18.1 Å². The maximum absolute atomic E-state index is 12.5. The van der Waals surface area contributed by atoms with Gasteiger partial charge in [-0.05, 0) is 35.1 Å². The van der Waals surface area contributed by atoms with E-state index in [2.05, 4.69) is 29.6 Å². The van der Waals surface area contributed by atoms with Gasteiger partial charge in [-0.1, -0.05) is 48.5 Å². The first-order valence-electron chi connectivity index (χ1n) is 10.3. The second kappa shape index (κ2) is 7.96. The number of amides is 1. The van der Waals surface area contributed by atoms with Crippen LogP contribution < -0.4 is 5.32 Å². The molecular weight excluding hydrogens is 400 g/mol. The van der Waals surface area contributed by atoms with Crippen LogP contribution in [0.3, 0.4) is 0 Å². The fraction of sp³-hybridized carbons (Fsp3) is 0.391. The highest BCUT2D eigenvalue weighted by molar-refractivity contribution is 8.00. The topological polar surface area (TPSA) is 78.9 Å². The molecule has 2 N–H and O–H groups in total. The summed E-state index contributed by atoms with van der Waals surface area (Å²) >= 11 is 1.70. The Morgan fingerprint density at radius 3 is 2.40 bits per heavy atom.